The van der Waals surface area contributed by atoms with Crippen molar-refractivity contribution < 1.29 is 47.6 Å². The molecule has 11 nitrogen and oxygen atoms in total. The van der Waals surface area contributed by atoms with Crippen molar-refractivity contribution in [3.63, 3.8) is 0 Å². The first-order valence-electron chi connectivity index (χ1n) is 14.0. The van der Waals surface area contributed by atoms with E-state index in [1.54, 1.807) is 13.0 Å². The second-order valence-corrected chi connectivity index (χ2v) is 11.3. The number of methoxy groups -OCH3 is 1. The second-order valence-electron chi connectivity index (χ2n) is 11.3. The van der Waals surface area contributed by atoms with E-state index >= 15 is 0 Å². The number of nitrogens with two attached hydrogens (primary N) is 1. The van der Waals surface area contributed by atoms with Crippen LogP contribution in [-0.4, -0.2) is 56.7 Å². The van der Waals surface area contributed by atoms with Gasteiger partial charge in [0.2, 0.25) is 0 Å². The third kappa shape index (κ3) is 13.2. The second kappa shape index (κ2) is 17.5. The van der Waals surface area contributed by atoms with Crippen molar-refractivity contribution in [1.82, 2.24) is 0 Å². The van der Waals surface area contributed by atoms with Gasteiger partial charge in [0.05, 0.1) is 32.8 Å². The van der Waals surface area contributed by atoms with Crippen molar-refractivity contribution in [2.75, 3.05) is 26.9 Å². The van der Waals surface area contributed by atoms with Crippen LogP contribution in [0.4, 0.5) is 9.59 Å². The van der Waals surface area contributed by atoms with Crippen LogP contribution in [0, 0.1) is 23.7 Å². The highest BCUT2D eigenvalue weighted by molar-refractivity contribution is 5.81. The lowest BCUT2D eigenvalue weighted by molar-refractivity contribution is -0.153. The predicted octanol–water partition coefficient (Wildman–Crippen LogP) is 5.45. The minimum Gasteiger partial charge on any atom is -0.468 e. The first kappa shape index (κ1) is 35.7. The highest BCUT2D eigenvalue weighted by atomic mass is 16.7. The number of carbonyl (C=O) groups is 4. The molecule has 11 heteroatoms. The average Bonchev–Trinajstić information content (AvgIpc) is 2.88. The SMILES string of the molecule is COC(=O)C(N)(CCOC(=O)[C@@H](C)C(C)C)Cc1ccc(OC(=O)OCCC(C)C)c(OC(=O)OCCC(C)C)c1. The molecule has 0 radical (unpaired) electrons. The molecule has 0 aliphatic heterocycles. The maximum atomic E-state index is 12.7. The Balaban J connectivity index is 3.14. The third-order valence-electron chi connectivity index (χ3n) is 6.50. The topological polar surface area (TPSA) is 150 Å². The van der Waals surface area contributed by atoms with Crippen LogP contribution in [0.15, 0.2) is 18.2 Å². The van der Waals surface area contributed by atoms with Gasteiger partial charge >= 0.3 is 24.2 Å². The normalized spacial score (nSPS) is 13.4. The molecule has 1 aromatic carbocycles. The number of esters is 2. The van der Waals surface area contributed by atoms with Crippen LogP contribution in [0.3, 0.4) is 0 Å². The number of ether oxygens (including phenoxy) is 6. The minimum absolute atomic E-state index is 0.0237. The van der Waals surface area contributed by atoms with Gasteiger partial charge < -0.3 is 34.2 Å². The summed E-state index contributed by atoms with van der Waals surface area (Å²) in [5.41, 5.74) is 5.34. The summed E-state index contributed by atoms with van der Waals surface area (Å²) in [6.45, 7) is 13.8. The first-order chi connectivity index (χ1) is 19.2. The van der Waals surface area contributed by atoms with E-state index < -0.39 is 23.8 Å². The van der Waals surface area contributed by atoms with E-state index in [9.17, 15) is 19.2 Å². The molecule has 0 saturated heterocycles. The van der Waals surface area contributed by atoms with Crippen molar-refractivity contribution in [2.24, 2.45) is 29.4 Å². The molecule has 0 saturated carbocycles. The van der Waals surface area contributed by atoms with Gasteiger partial charge in [-0.05, 0) is 48.3 Å². The summed E-state index contributed by atoms with van der Waals surface area (Å²) in [6, 6.07) is 4.38. The summed E-state index contributed by atoms with van der Waals surface area (Å²) in [6.07, 6.45) is -0.748. The maximum absolute atomic E-state index is 12.7. The summed E-state index contributed by atoms with van der Waals surface area (Å²) in [7, 11) is 1.21. The molecular formula is C30H47NO10. The van der Waals surface area contributed by atoms with Crippen molar-refractivity contribution in [1.29, 1.82) is 0 Å². The minimum atomic E-state index is -1.57. The summed E-state index contributed by atoms with van der Waals surface area (Å²) in [5.74, 6) is -0.886. The molecule has 0 aromatic heterocycles. The van der Waals surface area contributed by atoms with E-state index in [0.717, 1.165) is 0 Å². The number of hydrogen-bond acceptors (Lipinski definition) is 11. The molecule has 2 N–H and O–H groups in total. The Bertz CT molecular complexity index is 1010. The zero-order valence-electron chi connectivity index (χ0n) is 25.7. The van der Waals surface area contributed by atoms with Gasteiger partial charge in [0.15, 0.2) is 11.5 Å². The van der Waals surface area contributed by atoms with Gasteiger partial charge in [-0.15, -0.1) is 0 Å². The molecule has 0 spiro atoms. The fraction of sp³-hybridized carbons (Fsp3) is 0.667. The fourth-order valence-corrected chi connectivity index (χ4v) is 3.39. The Labute approximate surface area is 243 Å². The Morgan fingerprint density at radius 2 is 1.32 bits per heavy atom. The molecule has 0 heterocycles. The van der Waals surface area contributed by atoms with E-state index in [-0.39, 0.29) is 62.0 Å². The molecule has 1 unspecified atom stereocenters. The summed E-state index contributed by atoms with van der Waals surface area (Å²) < 4.78 is 31.2. The number of benzene rings is 1. The smallest absolute Gasteiger partial charge is 0.468 e. The average molecular weight is 582 g/mol. The summed E-state index contributed by atoms with van der Waals surface area (Å²) in [5, 5.41) is 0. The van der Waals surface area contributed by atoms with Crippen molar-refractivity contribution in [3.05, 3.63) is 23.8 Å². The molecule has 0 amide bonds. The number of rotatable bonds is 16. The summed E-state index contributed by atoms with van der Waals surface area (Å²) >= 11 is 0. The van der Waals surface area contributed by atoms with E-state index in [1.807, 2.05) is 41.5 Å². The Morgan fingerprint density at radius 3 is 1.80 bits per heavy atom. The molecule has 232 valence electrons. The van der Waals surface area contributed by atoms with Crippen LogP contribution in [-0.2, 0) is 35.0 Å². The van der Waals surface area contributed by atoms with Gasteiger partial charge in [-0.2, -0.15) is 0 Å². The van der Waals surface area contributed by atoms with E-state index in [1.165, 1.54) is 19.2 Å². The zero-order chi connectivity index (χ0) is 31.2. The van der Waals surface area contributed by atoms with E-state index in [0.29, 0.717) is 30.2 Å². The van der Waals surface area contributed by atoms with E-state index in [2.05, 4.69) is 0 Å². The molecule has 1 aromatic rings. The Morgan fingerprint density at radius 1 is 0.780 bits per heavy atom. The quantitative estimate of drug-likeness (QED) is 0.151. The van der Waals surface area contributed by atoms with Gasteiger partial charge in [-0.25, -0.2) is 9.59 Å². The van der Waals surface area contributed by atoms with Crippen LogP contribution in [0.1, 0.15) is 73.3 Å². The lowest BCUT2D eigenvalue weighted by Crippen LogP contribution is -2.51. The van der Waals surface area contributed by atoms with Gasteiger partial charge in [0, 0.05) is 12.8 Å². The van der Waals surface area contributed by atoms with Crippen LogP contribution < -0.4 is 15.2 Å². The van der Waals surface area contributed by atoms with Crippen molar-refractivity contribution in [3.8, 4) is 11.5 Å². The number of carbonyl (C=O) groups excluding carboxylic acids is 4. The fourth-order valence-electron chi connectivity index (χ4n) is 3.39. The number of hydrogen-bond donors (Lipinski definition) is 1. The first-order valence-corrected chi connectivity index (χ1v) is 14.0. The van der Waals surface area contributed by atoms with Gasteiger partial charge in [-0.3, -0.25) is 9.59 Å². The van der Waals surface area contributed by atoms with Crippen LogP contribution >= 0.6 is 0 Å². The Hall–Kier alpha value is -3.34. The van der Waals surface area contributed by atoms with Gasteiger partial charge in [0.25, 0.3) is 0 Å². The van der Waals surface area contributed by atoms with E-state index in [4.69, 9.17) is 34.2 Å². The zero-order valence-corrected chi connectivity index (χ0v) is 25.7. The highest BCUT2D eigenvalue weighted by Crippen LogP contribution is 2.31. The molecule has 0 bridgehead atoms. The molecule has 2 atom stereocenters. The van der Waals surface area contributed by atoms with Gasteiger partial charge in [-0.1, -0.05) is 54.5 Å². The predicted molar refractivity (Wildman–Crippen MR) is 152 cm³/mol. The van der Waals surface area contributed by atoms with Crippen LogP contribution in [0.5, 0.6) is 11.5 Å². The molecule has 41 heavy (non-hydrogen) atoms. The standard InChI is InChI=1S/C30H47NO10/c1-19(2)11-14-38-28(34)40-24-10-9-23(17-25(24)41-29(35)39-15-12-20(3)4)18-30(31,27(33)36-8)13-16-37-26(32)22(7)21(5)6/h9-10,17,19-22H,11-16,18,31H2,1-8H3/t22-,30?/m0/s1. The molecule has 0 fully saturated rings. The lowest BCUT2D eigenvalue weighted by atomic mass is 9.88. The van der Waals surface area contributed by atoms with Crippen LogP contribution in [0.25, 0.3) is 0 Å². The summed E-state index contributed by atoms with van der Waals surface area (Å²) in [4.78, 5) is 49.6. The maximum Gasteiger partial charge on any atom is 0.513 e. The van der Waals surface area contributed by atoms with Gasteiger partial charge in [0.1, 0.15) is 5.54 Å². The monoisotopic (exact) mass is 581 g/mol. The van der Waals surface area contributed by atoms with Crippen LogP contribution in [0.2, 0.25) is 0 Å². The molecule has 0 aliphatic carbocycles. The highest BCUT2D eigenvalue weighted by Gasteiger charge is 2.36. The largest absolute Gasteiger partial charge is 0.513 e. The molecule has 1 rings (SSSR count). The Kier molecular flexibility index (Phi) is 15.2. The van der Waals surface area contributed by atoms with Crippen molar-refractivity contribution >= 4 is 24.2 Å². The molecular weight excluding hydrogens is 534 g/mol. The lowest BCUT2D eigenvalue weighted by Gasteiger charge is -2.27. The van der Waals surface area contributed by atoms with Crippen molar-refractivity contribution in [2.45, 2.75) is 79.7 Å². The third-order valence-corrected chi connectivity index (χ3v) is 6.50. The molecule has 0 aliphatic rings.